The van der Waals surface area contributed by atoms with E-state index in [0.29, 0.717) is 22.3 Å². The Morgan fingerprint density at radius 1 is 1.41 bits per heavy atom. The summed E-state index contributed by atoms with van der Waals surface area (Å²) >= 11 is 1.19. The number of hydrogen-bond acceptors (Lipinski definition) is 7. The van der Waals surface area contributed by atoms with Crippen molar-refractivity contribution >= 4 is 27.3 Å². The van der Waals surface area contributed by atoms with Crippen molar-refractivity contribution in [2.45, 2.75) is 55.2 Å². The summed E-state index contributed by atoms with van der Waals surface area (Å²) in [7, 11) is -1.95. The van der Waals surface area contributed by atoms with E-state index in [0.717, 1.165) is 25.7 Å². The van der Waals surface area contributed by atoms with Crippen molar-refractivity contribution in [3.8, 4) is 0 Å². The molecule has 0 saturated heterocycles. The summed E-state index contributed by atoms with van der Waals surface area (Å²) in [6.07, 6.45) is 4.23. The highest BCUT2D eigenvalue weighted by Gasteiger charge is 2.41. The lowest BCUT2D eigenvalue weighted by Crippen LogP contribution is -2.44. The summed E-state index contributed by atoms with van der Waals surface area (Å²) in [6.45, 7) is 2.01. The van der Waals surface area contributed by atoms with Gasteiger partial charge in [-0.1, -0.05) is 24.1 Å². The van der Waals surface area contributed by atoms with E-state index < -0.39 is 15.6 Å². The first-order chi connectivity index (χ1) is 12.8. The first-order valence-electron chi connectivity index (χ1n) is 8.95. The van der Waals surface area contributed by atoms with E-state index in [4.69, 9.17) is 4.52 Å². The number of nitrogens with zero attached hydrogens (tertiary/aromatic N) is 3. The molecule has 1 saturated carbocycles. The lowest BCUT2D eigenvalue weighted by molar-refractivity contribution is -0.123. The zero-order valence-corrected chi connectivity index (χ0v) is 17.1. The molecular weight excluding hydrogens is 388 g/mol. The van der Waals surface area contributed by atoms with Crippen LogP contribution in [0.4, 0.5) is 0 Å². The lowest BCUT2D eigenvalue weighted by atomic mass is 9.96. The molecule has 1 aliphatic rings. The molecule has 0 bridgehead atoms. The van der Waals surface area contributed by atoms with Gasteiger partial charge in [-0.3, -0.25) is 4.79 Å². The van der Waals surface area contributed by atoms with Gasteiger partial charge >= 0.3 is 0 Å². The van der Waals surface area contributed by atoms with E-state index in [-0.39, 0.29) is 18.9 Å². The number of aryl methyl sites for hydroxylation is 1. The Kier molecular flexibility index (Phi) is 5.97. The number of rotatable bonds is 8. The van der Waals surface area contributed by atoms with Crippen molar-refractivity contribution in [1.29, 1.82) is 0 Å². The van der Waals surface area contributed by atoms with E-state index in [1.165, 1.54) is 22.7 Å². The van der Waals surface area contributed by atoms with E-state index in [9.17, 15) is 13.2 Å². The van der Waals surface area contributed by atoms with Crippen molar-refractivity contribution in [3.05, 3.63) is 29.2 Å². The Morgan fingerprint density at radius 2 is 2.15 bits per heavy atom. The van der Waals surface area contributed by atoms with Crippen LogP contribution in [0.3, 0.4) is 0 Å². The Morgan fingerprint density at radius 3 is 2.74 bits per heavy atom. The quantitative estimate of drug-likeness (QED) is 0.714. The van der Waals surface area contributed by atoms with Crippen molar-refractivity contribution in [1.82, 2.24) is 19.8 Å². The number of nitrogens with one attached hydrogen (secondary N) is 1. The van der Waals surface area contributed by atoms with Crippen molar-refractivity contribution in [3.63, 3.8) is 0 Å². The average molecular weight is 413 g/mol. The van der Waals surface area contributed by atoms with E-state index in [1.54, 1.807) is 24.4 Å². The summed E-state index contributed by atoms with van der Waals surface area (Å²) in [5.41, 5.74) is -0.566. The molecule has 2 heterocycles. The van der Waals surface area contributed by atoms with Gasteiger partial charge in [-0.15, -0.1) is 11.3 Å². The zero-order valence-electron chi connectivity index (χ0n) is 15.5. The average Bonchev–Trinajstić information content (AvgIpc) is 3.36. The molecule has 0 radical (unpaired) electrons. The number of aromatic nitrogens is 2. The Labute approximate surface area is 163 Å². The fraction of sp³-hybridized carbons (Fsp3) is 0.588. The summed E-state index contributed by atoms with van der Waals surface area (Å²) < 4.78 is 31.5. The normalized spacial score (nSPS) is 16.7. The van der Waals surface area contributed by atoms with Gasteiger partial charge in [-0.25, -0.2) is 12.7 Å². The minimum atomic E-state index is -3.48. The highest BCUT2D eigenvalue weighted by Crippen LogP contribution is 2.37. The monoisotopic (exact) mass is 412 g/mol. The second-order valence-electron chi connectivity index (χ2n) is 6.84. The highest BCUT2D eigenvalue weighted by molar-refractivity contribution is 7.91. The molecule has 27 heavy (non-hydrogen) atoms. The van der Waals surface area contributed by atoms with Crippen LogP contribution in [0.15, 0.2) is 26.2 Å². The molecule has 0 unspecified atom stereocenters. The molecule has 0 aliphatic heterocycles. The fourth-order valence-corrected chi connectivity index (χ4v) is 5.76. The molecule has 2 aromatic rings. The Hall–Kier alpha value is -1.78. The maximum Gasteiger partial charge on any atom is 0.252 e. The van der Waals surface area contributed by atoms with Gasteiger partial charge in [0.05, 0.1) is 0 Å². The Bertz CT molecular complexity index is 871. The molecule has 0 spiro atoms. The standard InChI is InChI=1S/C17H24N4O4S2/c1-13-18-16(20-25-13)17(9-3-4-10-17)19-14(22)7-5-11-21(2)27(23,24)15-8-6-12-26-15/h6,8,12H,3-5,7,9-11H2,1-2H3,(H,19,22). The third kappa shape index (κ3) is 4.39. The first kappa shape index (κ1) is 20.0. The first-order valence-corrected chi connectivity index (χ1v) is 11.3. The maximum absolute atomic E-state index is 12.5. The SMILES string of the molecule is Cc1nc(C2(NC(=O)CCCN(C)S(=O)(=O)c3cccs3)CCCC2)no1. The van der Waals surface area contributed by atoms with Crippen LogP contribution in [0, 0.1) is 6.92 Å². The minimum absolute atomic E-state index is 0.124. The number of carbonyl (C=O) groups excluding carboxylic acids is 1. The highest BCUT2D eigenvalue weighted by atomic mass is 32.2. The topological polar surface area (TPSA) is 105 Å². The van der Waals surface area contributed by atoms with Gasteiger partial charge in [0.2, 0.25) is 11.8 Å². The van der Waals surface area contributed by atoms with Crippen LogP contribution in [0.5, 0.6) is 0 Å². The van der Waals surface area contributed by atoms with Crippen molar-refractivity contribution in [2.75, 3.05) is 13.6 Å². The van der Waals surface area contributed by atoms with Crippen LogP contribution in [0.1, 0.15) is 50.2 Å². The van der Waals surface area contributed by atoms with Gasteiger partial charge in [-0.05, 0) is 30.7 Å². The van der Waals surface area contributed by atoms with Gasteiger partial charge in [0, 0.05) is 26.9 Å². The molecule has 148 valence electrons. The largest absolute Gasteiger partial charge is 0.343 e. The minimum Gasteiger partial charge on any atom is -0.343 e. The maximum atomic E-state index is 12.5. The molecule has 2 aromatic heterocycles. The van der Waals surface area contributed by atoms with E-state index in [1.807, 2.05) is 0 Å². The van der Waals surface area contributed by atoms with Gasteiger partial charge in [0.25, 0.3) is 10.0 Å². The molecule has 1 N–H and O–H groups in total. The van der Waals surface area contributed by atoms with Crippen molar-refractivity contribution < 1.29 is 17.7 Å². The predicted molar refractivity (Wildman–Crippen MR) is 101 cm³/mol. The molecular formula is C17H24N4O4S2. The number of carbonyl (C=O) groups is 1. The van der Waals surface area contributed by atoms with Crippen LogP contribution < -0.4 is 5.32 Å². The Balaban J connectivity index is 1.55. The zero-order chi connectivity index (χ0) is 19.5. The molecule has 0 atom stereocenters. The van der Waals surface area contributed by atoms with Crippen LogP contribution in [-0.2, 0) is 20.4 Å². The molecule has 1 aliphatic carbocycles. The van der Waals surface area contributed by atoms with Gasteiger partial charge in [0.1, 0.15) is 9.75 Å². The van der Waals surface area contributed by atoms with Crippen molar-refractivity contribution in [2.24, 2.45) is 0 Å². The lowest BCUT2D eigenvalue weighted by Gasteiger charge is -2.27. The molecule has 10 heteroatoms. The second-order valence-corrected chi connectivity index (χ2v) is 10.1. The summed E-state index contributed by atoms with van der Waals surface area (Å²) in [6, 6.07) is 3.29. The number of amides is 1. The van der Waals surface area contributed by atoms with Gasteiger partial charge in [0.15, 0.2) is 5.82 Å². The summed E-state index contributed by atoms with van der Waals surface area (Å²) in [5, 5.41) is 8.81. The third-order valence-corrected chi connectivity index (χ3v) is 8.06. The molecule has 0 aromatic carbocycles. The second kappa shape index (κ2) is 8.07. The molecule has 3 rings (SSSR count). The summed E-state index contributed by atoms with van der Waals surface area (Å²) in [5.74, 6) is 0.885. The summed E-state index contributed by atoms with van der Waals surface area (Å²) in [4.78, 5) is 16.8. The van der Waals surface area contributed by atoms with Crippen LogP contribution >= 0.6 is 11.3 Å². The fourth-order valence-electron chi connectivity index (χ4n) is 3.35. The number of thiophene rings is 1. The number of hydrogen-bond donors (Lipinski definition) is 1. The van der Waals surface area contributed by atoms with Crippen LogP contribution in [0.2, 0.25) is 0 Å². The van der Waals surface area contributed by atoms with E-state index >= 15 is 0 Å². The van der Waals surface area contributed by atoms with Crippen LogP contribution in [-0.4, -0.2) is 42.4 Å². The smallest absolute Gasteiger partial charge is 0.252 e. The van der Waals surface area contributed by atoms with Crippen LogP contribution in [0.25, 0.3) is 0 Å². The van der Waals surface area contributed by atoms with Gasteiger partial charge < -0.3 is 9.84 Å². The number of sulfonamides is 1. The molecule has 1 fully saturated rings. The molecule has 1 amide bonds. The van der Waals surface area contributed by atoms with Gasteiger partial charge in [-0.2, -0.15) is 4.98 Å². The third-order valence-electron chi connectivity index (χ3n) is 4.83. The van der Waals surface area contributed by atoms with E-state index in [2.05, 4.69) is 15.5 Å². The predicted octanol–water partition coefficient (Wildman–Crippen LogP) is 2.43. The molecule has 8 nitrogen and oxygen atoms in total.